The van der Waals surface area contributed by atoms with Crippen molar-refractivity contribution in [2.24, 2.45) is 5.92 Å². The quantitative estimate of drug-likeness (QED) is 0.686. The molecule has 0 aromatic heterocycles. The molecule has 2 aromatic rings. The van der Waals surface area contributed by atoms with Gasteiger partial charge in [-0.05, 0) is 37.5 Å². The summed E-state index contributed by atoms with van der Waals surface area (Å²) in [7, 11) is -3.87. The van der Waals surface area contributed by atoms with Gasteiger partial charge in [0.2, 0.25) is 10.0 Å². The molecule has 2 aromatic carbocycles. The van der Waals surface area contributed by atoms with Crippen molar-refractivity contribution in [2.45, 2.75) is 44.7 Å². The Hall–Kier alpha value is -2.69. The van der Waals surface area contributed by atoms with Gasteiger partial charge in [-0.25, -0.2) is 8.42 Å². The van der Waals surface area contributed by atoms with E-state index in [9.17, 15) is 13.2 Å². The van der Waals surface area contributed by atoms with Crippen molar-refractivity contribution >= 4 is 16.0 Å². The molecular formula is C21H24N2O4S. The molecule has 1 N–H and O–H groups in total. The number of nitrogens with one attached hydrogen (secondary N) is 1. The van der Waals surface area contributed by atoms with Crippen molar-refractivity contribution in [3.8, 4) is 6.07 Å². The van der Waals surface area contributed by atoms with Gasteiger partial charge >= 0.3 is 5.97 Å². The van der Waals surface area contributed by atoms with Crippen LogP contribution < -0.4 is 4.72 Å². The van der Waals surface area contributed by atoms with Gasteiger partial charge in [0.05, 0.1) is 16.5 Å². The predicted octanol–water partition coefficient (Wildman–Crippen LogP) is 3.30. The lowest BCUT2D eigenvalue weighted by molar-refractivity contribution is -0.147. The summed E-state index contributed by atoms with van der Waals surface area (Å²) in [6.45, 7) is 5.56. The maximum Gasteiger partial charge on any atom is 0.324 e. The predicted molar refractivity (Wildman–Crippen MR) is 106 cm³/mol. The second-order valence-corrected chi connectivity index (χ2v) is 8.71. The van der Waals surface area contributed by atoms with Crippen LogP contribution in [0.4, 0.5) is 0 Å². The zero-order valence-electron chi connectivity index (χ0n) is 16.2. The molecule has 148 valence electrons. The van der Waals surface area contributed by atoms with Crippen molar-refractivity contribution in [2.75, 3.05) is 0 Å². The standard InChI is InChI=1S/C21H24N2O4S/c1-15(2)12-20(23-28(25,26)19-10-8-16(3)9-11-19)21(24)27-14-18-7-5-4-6-17(18)13-22/h4-11,15,20,23H,12,14H2,1-3H3/t20-/m1/s1. The van der Waals surface area contributed by atoms with Crippen LogP contribution in [0.25, 0.3) is 0 Å². The SMILES string of the molecule is Cc1ccc(S(=O)(=O)N[C@H](CC(C)C)C(=O)OCc2ccccc2C#N)cc1. The topological polar surface area (TPSA) is 96.3 Å². The molecule has 0 spiro atoms. The van der Waals surface area contributed by atoms with Crippen LogP contribution in [0, 0.1) is 24.2 Å². The molecule has 6 nitrogen and oxygen atoms in total. The summed E-state index contributed by atoms with van der Waals surface area (Å²) in [5, 5.41) is 9.13. The number of carbonyl (C=O) groups excluding carboxylic acids is 1. The second kappa shape index (κ2) is 9.49. The largest absolute Gasteiger partial charge is 0.460 e. The van der Waals surface area contributed by atoms with Gasteiger partial charge in [-0.3, -0.25) is 4.79 Å². The van der Waals surface area contributed by atoms with Gasteiger partial charge in [0.15, 0.2) is 0 Å². The Balaban J connectivity index is 2.15. The number of carbonyl (C=O) groups is 1. The summed E-state index contributed by atoms with van der Waals surface area (Å²) in [5.41, 5.74) is 1.92. The van der Waals surface area contributed by atoms with Crippen molar-refractivity contribution in [3.05, 3.63) is 65.2 Å². The molecule has 0 saturated heterocycles. The number of rotatable bonds is 8. The number of ether oxygens (including phenoxy) is 1. The van der Waals surface area contributed by atoms with Crippen LogP contribution in [-0.4, -0.2) is 20.4 Å². The summed E-state index contributed by atoms with van der Waals surface area (Å²) < 4.78 is 33.1. The lowest BCUT2D eigenvalue weighted by Gasteiger charge is -2.19. The third kappa shape index (κ3) is 5.91. The Morgan fingerprint density at radius 1 is 1.14 bits per heavy atom. The van der Waals surface area contributed by atoms with E-state index in [1.807, 2.05) is 26.8 Å². The Bertz CT molecular complexity index is 961. The Kier molecular flexibility index (Phi) is 7.32. The molecule has 7 heteroatoms. The summed E-state index contributed by atoms with van der Waals surface area (Å²) in [4.78, 5) is 12.7. The minimum Gasteiger partial charge on any atom is -0.460 e. The van der Waals surface area contributed by atoms with Gasteiger partial charge in [0.25, 0.3) is 0 Å². The van der Waals surface area contributed by atoms with Gasteiger partial charge < -0.3 is 4.74 Å². The lowest BCUT2D eigenvalue weighted by Crippen LogP contribution is -2.42. The van der Waals surface area contributed by atoms with E-state index in [2.05, 4.69) is 4.72 Å². The first-order valence-electron chi connectivity index (χ1n) is 8.96. The van der Waals surface area contributed by atoms with E-state index in [1.165, 1.54) is 12.1 Å². The van der Waals surface area contributed by atoms with E-state index in [-0.39, 0.29) is 17.4 Å². The molecule has 2 rings (SSSR count). The summed E-state index contributed by atoms with van der Waals surface area (Å²) in [6.07, 6.45) is 0.295. The molecule has 0 bridgehead atoms. The molecule has 0 amide bonds. The van der Waals surface area contributed by atoms with Gasteiger partial charge in [-0.1, -0.05) is 49.7 Å². The monoisotopic (exact) mass is 400 g/mol. The van der Waals surface area contributed by atoms with E-state index in [4.69, 9.17) is 10.00 Å². The van der Waals surface area contributed by atoms with E-state index in [0.717, 1.165) is 5.56 Å². The number of hydrogen-bond donors (Lipinski definition) is 1. The van der Waals surface area contributed by atoms with Crippen LogP contribution in [0.2, 0.25) is 0 Å². The maximum atomic E-state index is 12.7. The number of sulfonamides is 1. The normalized spacial score (nSPS) is 12.4. The van der Waals surface area contributed by atoms with Crippen LogP contribution in [0.3, 0.4) is 0 Å². The zero-order chi connectivity index (χ0) is 20.7. The molecular weight excluding hydrogens is 376 g/mol. The fraction of sp³-hybridized carbons (Fsp3) is 0.333. The minimum absolute atomic E-state index is 0.0738. The van der Waals surface area contributed by atoms with Crippen LogP contribution >= 0.6 is 0 Å². The maximum absolute atomic E-state index is 12.7. The summed E-state index contributed by atoms with van der Waals surface area (Å²) in [5.74, 6) is -0.596. The highest BCUT2D eigenvalue weighted by molar-refractivity contribution is 7.89. The van der Waals surface area contributed by atoms with Gasteiger partial charge in [0, 0.05) is 5.56 Å². The van der Waals surface area contributed by atoms with E-state index in [0.29, 0.717) is 17.5 Å². The molecule has 1 atom stereocenters. The lowest BCUT2D eigenvalue weighted by atomic mass is 10.0. The number of nitrogens with zero attached hydrogens (tertiary/aromatic N) is 1. The van der Waals surface area contributed by atoms with Crippen LogP contribution in [0.15, 0.2) is 53.4 Å². The first-order chi connectivity index (χ1) is 13.2. The van der Waals surface area contributed by atoms with Crippen LogP contribution in [0.1, 0.15) is 37.0 Å². The molecule has 0 aliphatic rings. The highest BCUT2D eigenvalue weighted by Gasteiger charge is 2.28. The number of hydrogen-bond acceptors (Lipinski definition) is 5. The molecule has 0 heterocycles. The first-order valence-corrected chi connectivity index (χ1v) is 10.4. The summed E-state index contributed by atoms with van der Waals surface area (Å²) >= 11 is 0. The Morgan fingerprint density at radius 2 is 1.79 bits per heavy atom. The molecule has 0 radical (unpaired) electrons. The Labute approximate surface area is 166 Å². The van der Waals surface area contributed by atoms with E-state index < -0.39 is 22.0 Å². The van der Waals surface area contributed by atoms with Gasteiger partial charge in [-0.15, -0.1) is 0 Å². The number of aryl methyl sites for hydroxylation is 1. The molecule has 0 unspecified atom stereocenters. The third-order valence-corrected chi connectivity index (χ3v) is 5.62. The average Bonchev–Trinajstić information content (AvgIpc) is 2.65. The third-order valence-electron chi connectivity index (χ3n) is 4.13. The van der Waals surface area contributed by atoms with Gasteiger partial charge in [-0.2, -0.15) is 9.98 Å². The fourth-order valence-electron chi connectivity index (χ4n) is 2.64. The smallest absolute Gasteiger partial charge is 0.324 e. The van der Waals surface area contributed by atoms with Crippen molar-refractivity contribution in [1.29, 1.82) is 5.26 Å². The molecule has 0 fully saturated rings. The zero-order valence-corrected chi connectivity index (χ0v) is 17.0. The highest BCUT2D eigenvalue weighted by Crippen LogP contribution is 2.15. The van der Waals surface area contributed by atoms with E-state index >= 15 is 0 Å². The molecule has 0 aliphatic heterocycles. The molecule has 0 aliphatic carbocycles. The Morgan fingerprint density at radius 3 is 2.39 bits per heavy atom. The fourth-order valence-corrected chi connectivity index (χ4v) is 3.84. The second-order valence-electron chi connectivity index (χ2n) is 6.99. The highest BCUT2D eigenvalue weighted by atomic mass is 32.2. The van der Waals surface area contributed by atoms with Crippen molar-refractivity contribution in [3.63, 3.8) is 0 Å². The van der Waals surface area contributed by atoms with Crippen molar-refractivity contribution < 1.29 is 17.9 Å². The average molecular weight is 401 g/mol. The van der Waals surface area contributed by atoms with Gasteiger partial charge in [0.1, 0.15) is 12.6 Å². The molecule has 0 saturated carbocycles. The van der Waals surface area contributed by atoms with Crippen LogP contribution in [0.5, 0.6) is 0 Å². The number of esters is 1. The number of benzene rings is 2. The van der Waals surface area contributed by atoms with Crippen LogP contribution in [-0.2, 0) is 26.2 Å². The summed E-state index contributed by atoms with van der Waals surface area (Å²) in [6, 6.07) is 14.2. The van der Waals surface area contributed by atoms with Crippen molar-refractivity contribution in [1.82, 2.24) is 4.72 Å². The number of nitriles is 1. The first kappa shape index (κ1) is 21.6. The minimum atomic E-state index is -3.87. The molecule has 28 heavy (non-hydrogen) atoms. The van der Waals surface area contributed by atoms with E-state index in [1.54, 1.807) is 36.4 Å².